The number of allylic oxidation sites excluding steroid dienone is 1. The smallest absolute Gasteiger partial charge is 0.0941 e. The molecule has 0 aromatic carbocycles. The molecule has 0 unspecified atom stereocenters. The van der Waals surface area contributed by atoms with Crippen molar-refractivity contribution in [1.82, 2.24) is 5.32 Å². The van der Waals surface area contributed by atoms with Crippen LogP contribution in [-0.4, -0.2) is 5.84 Å². The first-order valence-electron chi connectivity index (χ1n) is 2.66. The highest BCUT2D eigenvalue weighted by atomic mass is 14.9. The highest BCUT2D eigenvalue weighted by Crippen LogP contribution is 1.87. The minimum Gasteiger partial charge on any atom is -0.349 e. The summed E-state index contributed by atoms with van der Waals surface area (Å²) in [5, 5.41) is 9.74. The van der Waals surface area contributed by atoms with Crippen LogP contribution < -0.4 is 5.32 Å². The molecule has 2 heteroatoms. The first kappa shape index (κ1) is 7.21. The maximum absolute atomic E-state index is 6.96. The Labute approximate surface area is 50.1 Å². The lowest BCUT2D eigenvalue weighted by Gasteiger charge is -2.02. The highest BCUT2D eigenvalue weighted by Gasteiger charge is 1.86. The molecule has 8 heavy (non-hydrogen) atoms. The summed E-state index contributed by atoms with van der Waals surface area (Å²) in [7, 11) is 0. The van der Waals surface area contributed by atoms with Crippen molar-refractivity contribution in [1.29, 1.82) is 5.41 Å². The molecular weight excluding hydrogens is 100 g/mol. The van der Waals surface area contributed by atoms with E-state index in [4.69, 9.17) is 5.41 Å². The van der Waals surface area contributed by atoms with Crippen molar-refractivity contribution in [3.8, 4) is 0 Å². The fourth-order valence-electron chi connectivity index (χ4n) is 0.354. The molecule has 0 amide bonds. The standard InChI is InChI=1S/C6H12N2/c1-4-5(2)8-6(3)7/h2,4H2,1,3H3,(H2,7,8). The lowest BCUT2D eigenvalue weighted by Crippen LogP contribution is -2.16. The summed E-state index contributed by atoms with van der Waals surface area (Å²) in [6.45, 7) is 7.35. The van der Waals surface area contributed by atoms with Crippen LogP contribution in [0.4, 0.5) is 0 Å². The molecule has 0 aromatic rings. The van der Waals surface area contributed by atoms with E-state index in [-0.39, 0.29) is 0 Å². The molecule has 0 saturated heterocycles. The first-order chi connectivity index (χ1) is 3.66. The van der Waals surface area contributed by atoms with E-state index in [1.54, 1.807) is 6.92 Å². The Kier molecular flexibility index (Phi) is 2.92. The molecule has 2 nitrogen and oxygen atoms in total. The van der Waals surface area contributed by atoms with Gasteiger partial charge in [-0.15, -0.1) is 0 Å². The monoisotopic (exact) mass is 112 g/mol. The zero-order chi connectivity index (χ0) is 6.57. The summed E-state index contributed by atoms with van der Waals surface area (Å²) in [5.41, 5.74) is 0.900. The van der Waals surface area contributed by atoms with Crippen LogP contribution in [0, 0.1) is 5.41 Å². The van der Waals surface area contributed by atoms with E-state index in [1.165, 1.54) is 0 Å². The third-order valence-corrected chi connectivity index (χ3v) is 0.791. The lowest BCUT2D eigenvalue weighted by atomic mass is 10.4. The molecule has 0 heterocycles. The predicted molar refractivity (Wildman–Crippen MR) is 36.0 cm³/mol. The van der Waals surface area contributed by atoms with E-state index < -0.39 is 0 Å². The molecule has 2 N–H and O–H groups in total. The van der Waals surface area contributed by atoms with Gasteiger partial charge in [0, 0.05) is 5.70 Å². The number of nitrogens with one attached hydrogen (secondary N) is 2. The molecule has 0 aliphatic carbocycles. The molecule has 0 spiro atoms. The van der Waals surface area contributed by atoms with Crippen LogP contribution in [0.25, 0.3) is 0 Å². The van der Waals surface area contributed by atoms with Gasteiger partial charge in [-0.05, 0) is 13.3 Å². The number of hydrogen-bond acceptors (Lipinski definition) is 1. The number of hydrogen-bond donors (Lipinski definition) is 2. The second-order valence-electron chi connectivity index (χ2n) is 1.71. The predicted octanol–water partition coefficient (Wildman–Crippen LogP) is 1.50. The molecule has 0 rings (SSSR count). The molecule has 0 aliphatic heterocycles. The summed E-state index contributed by atoms with van der Waals surface area (Å²) in [6.07, 6.45) is 0.885. The summed E-state index contributed by atoms with van der Waals surface area (Å²) < 4.78 is 0. The molecule has 0 atom stereocenters. The molecule has 0 aliphatic rings. The summed E-state index contributed by atoms with van der Waals surface area (Å²) in [5.74, 6) is 0.455. The SMILES string of the molecule is C=C(CC)NC(C)=N. The Morgan fingerprint density at radius 2 is 2.25 bits per heavy atom. The van der Waals surface area contributed by atoms with E-state index >= 15 is 0 Å². The van der Waals surface area contributed by atoms with Gasteiger partial charge in [-0.25, -0.2) is 0 Å². The zero-order valence-corrected chi connectivity index (χ0v) is 5.41. The maximum atomic E-state index is 6.96. The van der Waals surface area contributed by atoms with Crippen molar-refractivity contribution in [2.24, 2.45) is 0 Å². The van der Waals surface area contributed by atoms with E-state index in [0.717, 1.165) is 12.1 Å². The Morgan fingerprint density at radius 3 is 2.38 bits per heavy atom. The van der Waals surface area contributed by atoms with Gasteiger partial charge < -0.3 is 5.32 Å². The van der Waals surface area contributed by atoms with Gasteiger partial charge in [0.15, 0.2) is 0 Å². The molecule has 0 bridgehead atoms. The number of amidine groups is 1. The van der Waals surface area contributed by atoms with Crippen LogP contribution >= 0.6 is 0 Å². The van der Waals surface area contributed by atoms with E-state index in [0.29, 0.717) is 5.84 Å². The summed E-state index contributed by atoms with van der Waals surface area (Å²) in [6, 6.07) is 0. The van der Waals surface area contributed by atoms with Crippen LogP contribution in [0.1, 0.15) is 20.3 Å². The van der Waals surface area contributed by atoms with Crippen LogP contribution in [-0.2, 0) is 0 Å². The van der Waals surface area contributed by atoms with Crippen molar-refractivity contribution in [2.45, 2.75) is 20.3 Å². The van der Waals surface area contributed by atoms with Crippen LogP contribution in [0.2, 0.25) is 0 Å². The molecule has 46 valence electrons. The van der Waals surface area contributed by atoms with E-state index in [9.17, 15) is 0 Å². The van der Waals surface area contributed by atoms with Gasteiger partial charge in [-0.3, -0.25) is 5.41 Å². The van der Waals surface area contributed by atoms with Crippen molar-refractivity contribution in [3.05, 3.63) is 12.3 Å². The fourth-order valence-corrected chi connectivity index (χ4v) is 0.354. The summed E-state index contributed by atoms with van der Waals surface area (Å²) >= 11 is 0. The minimum atomic E-state index is 0.455. The second kappa shape index (κ2) is 3.24. The second-order valence-corrected chi connectivity index (χ2v) is 1.71. The van der Waals surface area contributed by atoms with Crippen molar-refractivity contribution < 1.29 is 0 Å². The zero-order valence-electron chi connectivity index (χ0n) is 5.41. The fraction of sp³-hybridized carbons (Fsp3) is 0.500. The van der Waals surface area contributed by atoms with Crippen molar-refractivity contribution >= 4 is 5.84 Å². The largest absolute Gasteiger partial charge is 0.349 e. The van der Waals surface area contributed by atoms with Gasteiger partial charge in [0.05, 0.1) is 5.84 Å². The Hall–Kier alpha value is -0.790. The third-order valence-electron chi connectivity index (χ3n) is 0.791. The first-order valence-corrected chi connectivity index (χ1v) is 2.66. The third kappa shape index (κ3) is 3.40. The van der Waals surface area contributed by atoms with Gasteiger partial charge in [0.2, 0.25) is 0 Å². The molecule has 0 fully saturated rings. The molecular formula is C6H12N2. The normalized spacial score (nSPS) is 8.25. The van der Waals surface area contributed by atoms with Crippen molar-refractivity contribution in [3.63, 3.8) is 0 Å². The van der Waals surface area contributed by atoms with Crippen molar-refractivity contribution in [2.75, 3.05) is 0 Å². The van der Waals surface area contributed by atoms with Gasteiger partial charge in [0.1, 0.15) is 0 Å². The van der Waals surface area contributed by atoms with Gasteiger partial charge in [-0.1, -0.05) is 13.5 Å². The lowest BCUT2D eigenvalue weighted by molar-refractivity contribution is 0.975. The Bertz CT molecular complexity index is 105. The molecule has 0 saturated carbocycles. The molecule has 0 aromatic heterocycles. The molecule has 0 radical (unpaired) electrons. The van der Waals surface area contributed by atoms with Crippen LogP contribution in [0.3, 0.4) is 0 Å². The van der Waals surface area contributed by atoms with Gasteiger partial charge >= 0.3 is 0 Å². The van der Waals surface area contributed by atoms with Crippen LogP contribution in [0.5, 0.6) is 0 Å². The average molecular weight is 112 g/mol. The topological polar surface area (TPSA) is 35.9 Å². The Balaban J connectivity index is 3.40. The van der Waals surface area contributed by atoms with Gasteiger partial charge in [-0.2, -0.15) is 0 Å². The van der Waals surface area contributed by atoms with Crippen LogP contribution in [0.15, 0.2) is 12.3 Å². The quantitative estimate of drug-likeness (QED) is 0.412. The maximum Gasteiger partial charge on any atom is 0.0941 e. The highest BCUT2D eigenvalue weighted by molar-refractivity contribution is 5.77. The van der Waals surface area contributed by atoms with E-state index in [1.807, 2.05) is 6.92 Å². The number of rotatable bonds is 2. The summed E-state index contributed by atoms with van der Waals surface area (Å²) in [4.78, 5) is 0. The average Bonchev–Trinajstić information content (AvgIpc) is 1.65. The van der Waals surface area contributed by atoms with E-state index in [2.05, 4.69) is 11.9 Å². The van der Waals surface area contributed by atoms with Gasteiger partial charge in [0.25, 0.3) is 0 Å². The minimum absolute atomic E-state index is 0.455. The Morgan fingerprint density at radius 1 is 1.75 bits per heavy atom.